The first-order valence-corrected chi connectivity index (χ1v) is 18.0. The van der Waals surface area contributed by atoms with E-state index in [0.717, 1.165) is 17.7 Å². The number of esters is 1. The Labute approximate surface area is 256 Å². The maximum absolute atomic E-state index is 15.0. The lowest BCUT2D eigenvalue weighted by molar-refractivity contribution is -0.147. The summed E-state index contributed by atoms with van der Waals surface area (Å²) in [7, 11) is -0.829. The Morgan fingerprint density at radius 2 is 1.70 bits per heavy atom. The first-order valence-electron chi connectivity index (χ1n) is 14.5. The number of hydrogen-bond acceptors (Lipinski definition) is 6. The summed E-state index contributed by atoms with van der Waals surface area (Å²) in [4.78, 5) is 47.3. The molecule has 0 saturated carbocycles. The molecule has 232 valence electrons. The number of hydrogen-bond donors (Lipinski definition) is 1. The van der Waals surface area contributed by atoms with Crippen molar-refractivity contribution in [3.05, 3.63) is 83.1 Å². The van der Waals surface area contributed by atoms with Crippen LogP contribution in [0, 0.1) is 17.6 Å². The fourth-order valence-corrected chi connectivity index (χ4v) is 7.29. The molecule has 0 radical (unpaired) electrons. The largest absolute Gasteiger partial charge is 0.481 e. The van der Waals surface area contributed by atoms with E-state index >= 15 is 0 Å². The van der Waals surface area contributed by atoms with Gasteiger partial charge in [-0.05, 0) is 23.8 Å². The van der Waals surface area contributed by atoms with Crippen LogP contribution < -0.4 is 15.2 Å². The monoisotopic (exact) mass is 622 g/mol. The molecule has 1 saturated heterocycles. The van der Waals surface area contributed by atoms with Crippen LogP contribution in [0.25, 0.3) is 0 Å². The Morgan fingerprint density at radius 1 is 1.02 bits per heavy atom. The molecule has 1 N–H and O–H groups in total. The van der Waals surface area contributed by atoms with Crippen LogP contribution in [0.15, 0.2) is 54.6 Å². The number of fused-ring (bicyclic) bond motifs is 1. The van der Waals surface area contributed by atoms with E-state index in [-0.39, 0.29) is 48.4 Å². The number of nitrogens with zero attached hydrogens (tertiary/aromatic N) is 3. The predicted octanol–water partition coefficient (Wildman–Crippen LogP) is 4.64. The summed E-state index contributed by atoms with van der Waals surface area (Å²) in [5.74, 6) is -2.07. The van der Waals surface area contributed by atoms with Crippen molar-refractivity contribution in [1.82, 2.24) is 14.8 Å². The average molecular weight is 623 g/mol. The van der Waals surface area contributed by atoms with Gasteiger partial charge in [-0.1, -0.05) is 50.0 Å². The van der Waals surface area contributed by atoms with Crippen LogP contribution >= 0.6 is 0 Å². The molecular weight excluding hydrogens is 586 g/mol. The third kappa shape index (κ3) is 6.75. The first-order chi connectivity index (χ1) is 20.9. The second kappa shape index (κ2) is 12.7. The summed E-state index contributed by atoms with van der Waals surface area (Å²) in [5.41, 5.74) is 1.96. The van der Waals surface area contributed by atoms with Gasteiger partial charge in [-0.2, -0.15) is 0 Å². The number of carbonyl (C=O) groups is 3. The van der Waals surface area contributed by atoms with E-state index in [4.69, 9.17) is 9.47 Å². The molecular formula is C32H36F2N4O5Si. The van der Waals surface area contributed by atoms with E-state index in [1.807, 2.05) is 50.0 Å². The summed E-state index contributed by atoms with van der Waals surface area (Å²) in [6, 6.07) is 13.5. The molecule has 2 aliphatic rings. The summed E-state index contributed by atoms with van der Waals surface area (Å²) >= 11 is 0. The zero-order valence-electron chi connectivity index (χ0n) is 25.2. The zero-order chi connectivity index (χ0) is 31.6. The van der Waals surface area contributed by atoms with E-state index in [0.29, 0.717) is 36.6 Å². The molecule has 1 fully saturated rings. The smallest absolute Gasteiger partial charge is 0.320 e. The molecule has 12 heteroatoms. The summed E-state index contributed by atoms with van der Waals surface area (Å²) in [6.45, 7) is 6.58. The number of halogens is 2. The Morgan fingerprint density at radius 3 is 2.34 bits per heavy atom. The Bertz CT molecular complexity index is 1540. The Balaban J connectivity index is 1.29. The molecule has 1 atom stereocenters. The number of carbonyl (C=O) groups excluding carboxylic acids is 3. The van der Waals surface area contributed by atoms with Gasteiger partial charge in [0.25, 0.3) is 5.91 Å². The quantitative estimate of drug-likeness (QED) is 0.290. The lowest BCUT2D eigenvalue weighted by Crippen LogP contribution is -2.58. The van der Waals surface area contributed by atoms with Crippen LogP contribution in [0.3, 0.4) is 0 Å². The molecule has 5 rings (SSSR count). The van der Waals surface area contributed by atoms with Crippen molar-refractivity contribution in [3.8, 4) is 5.88 Å². The number of pyridine rings is 1. The van der Waals surface area contributed by atoms with Crippen LogP contribution in [0.4, 0.5) is 19.3 Å². The highest BCUT2D eigenvalue weighted by Gasteiger charge is 2.42. The van der Waals surface area contributed by atoms with Gasteiger partial charge in [0.1, 0.15) is 24.3 Å². The number of amides is 3. The highest BCUT2D eigenvalue weighted by atomic mass is 28.3. The number of aromatic nitrogens is 1. The van der Waals surface area contributed by atoms with Crippen LogP contribution in [0.5, 0.6) is 5.88 Å². The second-order valence-electron chi connectivity index (χ2n) is 12.2. The number of urea groups is 1. The summed E-state index contributed by atoms with van der Waals surface area (Å²) in [6.07, 6.45) is 0.566. The second-order valence-corrected chi connectivity index (χ2v) is 17.2. The van der Waals surface area contributed by atoms with Gasteiger partial charge in [-0.3, -0.25) is 9.59 Å². The standard InChI is InChI=1S/C32H36F2N4O5Si/c1-42-27-11-10-23-26(36-27)12-13-38(29(23)31(40)35-22-15-24(33)30(25(34)16-22)44(2,3)4)32(41)37-17-21(18-37)14-28(39)43-19-20-8-6-5-7-9-20/h5-11,15-16,21,29H,12-14,17-19H2,1-4H3,(H,35,40)/t29-/m1/s1. The van der Waals surface area contributed by atoms with Gasteiger partial charge in [0, 0.05) is 54.5 Å². The number of benzene rings is 2. The maximum atomic E-state index is 15.0. The number of anilines is 1. The van der Waals surface area contributed by atoms with Crippen LogP contribution in [0.2, 0.25) is 19.6 Å². The van der Waals surface area contributed by atoms with Gasteiger partial charge >= 0.3 is 12.0 Å². The fourth-order valence-electron chi connectivity index (χ4n) is 5.71. The molecule has 9 nitrogen and oxygen atoms in total. The molecule has 0 bridgehead atoms. The van der Waals surface area contributed by atoms with Crippen molar-refractivity contribution < 1.29 is 32.6 Å². The van der Waals surface area contributed by atoms with E-state index in [2.05, 4.69) is 10.3 Å². The minimum atomic E-state index is -2.32. The van der Waals surface area contributed by atoms with E-state index < -0.39 is 31.7 Å². The van der Waals surface area contributed by atoms with Crippen molar-refractivity contribution in [2.24, 2.45) is 5.92 Å². The van der Waals surface area contributed by atoms with Crippen molar-refractivity contribution >= 4 is 36.9 Å². The van der Waals surface area contributed by atoms with Crippen molar-refractivity contribution in [2.75, 3.05) is 32.1 Å². The van der Waals surface area contributed by atoms with Crippen molar-refractivity contribution in [1.29, 1.82) is 0 Å². The van der Waals surface area contributed by atoms with Crippen molar-refractivity contribution in [3.63, 3.8) is 0 Å². The Kier molecular flexibility index (Phi) is 9.00. The van der Waals surface area contributed by atoms with Crippen LogP contribution in [-0.2, 0) is 27.4 Å². The van der Waals surface area contributed by atoms with E-state index in [9.17, 15) is 23.2 Å². The van der Waals surface area contributed by atoms with Gasteiger partial charge in [0.05, 0.1) is 27.3 Å². The molecule has 0 unspecified atom stereocenters. The molecule has 3 aromatic rings. The van der Waals surface area contributed by atoms with Gasteiger partial charge in [0.15, 0.2) is 0 Å². The number of nitrogens with one attached hydrogen (secondary N) is 1. The van der Waals surface area contributed by atoms with Crippen LogP contribution in [0.1, 0.15) is 29.3 Å². The highest BCUT2D eigenvalue weighted by molar-refractivity contribution is 6.88. The van der Waals surface area contributed by atoms with Crippen LogP contribution in [-0.4, -0.2) is 67.5 Å². The molecule has 0 aliphatic carbocycles. The molecule has 0 spiro atoms. The SMILES string of the molecule is COc1ccc2c(n1)CCN(C(=O)N1CC(CC(=O)OCc3ccccc3)C1)[C@H]2C(=O)Nc1cc(F)c([Si](C)(C)C)c(F)c1. The van der Waals surface area contributed by atoms with Gasteiger partial charge in [-0.25, -0.2) is 18.6 Å². The molecule has 3 amide bonds. The van der Waals surface area contributed by atoms with Gasteiger partial charge in [-0.15, -0.1) is 0 Å². The molecule has 44 heavy (non-hydrogen) atoms. The fraction of sp³-hybridized carbons (Fsp3) is 0.375. The normalized spacial score (nSPS) is 16.5. The number of likely N-dealkylation sites (tertiary alicyclic amines) is 1. The molecule has 2 aromatic carbocycles. The lowest BCUT2D eigenvalue weighted by atomic mass is 9.94. The molecule has 3 heterocycles. The lowest BCUT2D eigenvalue weighted by Gasteiger charge is -2.44. The minimum Gasteiger partial charge on any atom is -0.481 e. The topological polar surface area (TPSA) is 101 Å². The number of ether oxygens (including phenoxy) is 2. The number of rotatable bonds is 8. The zero-order valence-corrected chi connectivity index (χ0v) is 26.2. The summed E-state index contributed by atoms with van der Waals surface area (Å²) in [5, 5.41) is 2.69. The van der Waals surface area contributed by atoms with E-state index in [1.165, 1.54) is 12.0 Å². The van der Waals surface area contributed by atoms with Gasteiger partial charge in [0.2, 0.25) is 5.88 Å². The molecule has 2 aliphatic heterocycles. The third-order valence-electron chi connectivity index (χ3n) is 7.87. The highest BCUT2D eigenvalue weighted by Crippen LogP contribution is 2.34. The van der Waals surface area contributed by atoms with Gasteiger partial charge < -0.3 is 24.6 Å². The van der Waals surface area contributed by atoms with E-state index in [1.54, 1.807) is 17.0 Å². The predicted molar refractivity (Wildman–Crippen MR) is 163 cm³/mol. The third-order valence-corrected chi connectivity index (χ3v) is 9.85. The number of methoxy groups -OCH3 is 1. The Hall–Kier alpha value is -4.32. The minimum absolute atomic E-state index is 0.0361. The summed E-state index contributed by atoms with van der Waals surface area (Å²) < 4.78 is 40.5. The average Bonchev–Trinajstić information content (AvgIpc) is 2.95. The first kappa shape index (κ1) is 31.1. The maximum Gasteiger partial charge on any atom is 0.320 e. The van der Waals surface area contributed by atoms with Crippen molar-refractivity contribution in [2.45, 2.75) is 45.1 Å². The molecule has 1 aromatic heterocycles.